The van der Waals surface area contributed by atoms with E-state index in [1.807, 2.05) is 23.5 Å². The highest BCUT2D eigenvalue weighted by molar-refractivity contribution is 7.22. The number of amides is 1. The van der Waals surface area contributed by atoms with Crippen molar-refractivity contribution in [1.29, 1.82) is 0 Å². The van der Waals surface area contributed by atoms with Crippen molar-refractivity contribution >= 4 is 43.9 Å². The molecule has 1 fully saturated rings. The predicted octanol–water partition coefficient (Wildman–Crippen LogP) is 4.48. The molecule has 2 aromatic heterocycles. The number of nitrogens with one attached hydrogen (secondary N) is 1. The lowest BCUT2D eigenvalue weighted by molar-refractivity contribution is -0.117. The summed E-state index contributed by atoms with van der Waals surface area (Å²) in [6, 6.07) is 10.5. The summed E-state index contributed by atoms with van der Waals surface area (Å²) in [5.74, 6) is 0.692. The first-order valence-electron chi connectivity index (χ1n) is 8.60. The normalized spacial score (nSPS) is 16.4. The summed E-state index contributed by atoms with van der Waals surface area (Å²) in [5, 5.41) is 5.81. The standard InChI is InChI=1S/C19H21N3OS2/c1-13-4-5-15-17(11-13)25-19(20-15)21-18(23)12-22-8-6-14(7-9-22)16-3-2-10-24-16/h2-5,10-11,14H,6-9,12H2,1H3,(H,20,21,23). The number of nitrogens with zero attached hydrogens (tertiary/aromatic N) is 2. The Morgan fingerprint density at radius 3 is 2.92 bits per heavy atom. The molecule has 25 heavy (non-hydrogen) atoms. The smallest absolute Gasteiger partial charge is 0.240 e. The maximum atomic E-state index is 12.4. The van der Waals surface area contributed by atoms with Crippen molar-refractivity contribution in [2.45, 2.75) is 25.7 Å². The molecule has 0 atom stereocenters. The second kappa shape index (κ2) is 7.23. The lowest BCUT2D eigenvalue weighted by atomic mass is 9.95. The number of hydrogen-bond acceptors (Lipinski definition) is 5. The largest absolute Gasteiger partial charge is 0.301 e. The van der Waals surface area contributed by atoms with Crippen molar-refractivity contribution in [1.82, 2.24) is 9.88 Å². The fourth-order valence-corrected chi connectivity index (χ4v) is 5.23. The third kappa shape index (κ3) is 3.92. The summed E-state index contributed by atoms with van der Waals surface area (Å²) in [7, 11) is 0. The van der Waals surface area contributed by atoms with Gasteiger partial charge < -0.3 is 5.32 Å². The maximum absolute atomic E-state index is 12.4. The Bertz CT molecular complexity index is 864. The summed E-state index contributed by atoms with van der Waals surface area (Å²) in [6.07, 6.45) is 2.27. The number of carbonyl (C=O) groups is 1. The van der Waals surface area contributed by atoms with Crippen LogP contribution in [0.15, 0.2) is 35.7 Å². The van der Waals surface area contributed by atoms with Crippen molar-refractivity contribution in [2.75, 3.05) is 25.0 Å². The van der Waals surface area contributed by atoms with Gasteiger partial charge in [-0.3, -0.25) is 9.69 Å². The number of hydrogen-bond donors (Lipinski definition) is 1. The predicted molar refractivity (Wildman–Crippen MR) is 106 cm³/mol. The number of aromatic nitrogens is 1. The average molecular weight is 372 g/mol. The molecule has 4 rings (SSSR count). The third-order valence-corrected chi connectivity index (χ3v) is 6.66. The Balaban J connectivity index is 1.31. The number of thiazole rings is 1. The minimum atomic E-state index is 0.0327. The highest BCUT2D eigenvalue weighted by Gasteiger charge is 2.22. The molecular weight excluding hydrogens is 350 g/mol. The number of benzene rings is 1. The minimum Gasteiger partial charge on any atom is -0.301 e. The van der Waals surface area contributed by atoms with Gasteiger partial charge in [-0.25, -0.2) is 4.98 Å². The van der Waals surface area contributed by atoms with Gasteiger partial charge in [0.1, 0.15) is 0 Å². The number of anilines is 1. The van der Waals surface area contributed by atoms with Crippen LogP contribution in [0.4, 0.5) is 5.13 Å². The Morgan fingerprint density at radius 2 is 2.16 bits per heavy atom. The second-order valence-corrected chi connectivity index (χ2v) is 8.61. The number of fused-ring (bicyclic) bond motifs is 1. The molecule has 0 bridgehead atoms. The number of aryl methyl sites for hydroxylation is 1. The van der Waals surface area contributed by atoms with Gasteiger partial charge in [-0.15, -0.1) is 11.3 Å². The topological polar surface area (TPSA) is 45.2 Å². The summed E-state index contributed by atoms with van der Waals surface area (Å²) in [6.45, 7) is 4.48. The lowest BCUT2D eigenvalue weighted by Crippen LogP contribution is -2.38. The average Bonchev–Trinajstić information content (AvgIpc) is 3.24. The zero-order valence-corrected chi connectivity index (χ0v) is 15.8. The fraction of sp³-hybridized carbons (Fsp3) is 0.368. The van der Waals surface area contributed by atoms with Crippen LogP contribution in [0.3, 0.4) is 0 Å². The molecule has 4 nitrogen and oxygen atoms in total. The number of carbonyl (C=O) groups excluding carboxylic acids is 1. The van der Waals surface area contributed by atoms with Crippen LogP contribution >= 0.6 is 22.7 Å². The van der Waals surface area contributed by atoms with Gasteiger partial charge in [0.25, 0.3) is 0 Å². The summed E-state index contributed by atoms with van der Waals surface area (Å²) >= 11 is 3.38. The molecule has 3 heterocycles. The van der Waals surface area contributed by atoms with Gasteiger partial charge in [-0.05, 0) is 67.9 Å². The molecule has 1 aliphatic heterocycles. The molecule has 0 unspecified atom stereocenters. The monoisotopic (exact) mass is 371 g/mol. The van der Waals surface area contributed by atoms with E-state index in [9.17, 15) is 4.79 Å². The summed E-state index contributed by atoms with van der Waals surface area (Å²) in [5.41, 5.74) is 2.16. The van der Waals surface area contributed by atoms with E-state index in [0.29, 0.717) is 17.6 Å². The van der Waals surface area contributed by atoms with Gasteiger partial charge in [0.05, 0.1) is 16.8 Å². The minimum absolute atomic E-state index is 0.0327. The quantitative estimate of drug-likeness (QED) is 0.735. The van der Waals surface area contributed by atoms with Crippen LogP contribution in [0.1, 0.15) is 29.2 Å². The number of piperidine rings is 1. The molecule has 1 N–H and O–H groups in total. The Morgan fingerprint density at radius 1 is 1.32 bits per heavy atom. The van der Waals surface area contributed by atoms with Crippen LogP contribution in [-0.4, -0.2) is 35.4 Å². The van der Waals surface area contributed by atoms with Gasteiger partial charge in [0.2, 0.25) is 5.91 Å². The molecule has 1 aliphatic rings. The van der Waals surface area contributed by atoms with Crippen molar-refractivity contribution in [3.05, 3.63) is 46.2 Å². The van der Waals surface area contributed by atoms with Crippen LogP contribution in [-0.2, 0) is 4.79 Å². The maximum Gasteiger partial charge on any atom is 0.240 e. The van der Waals surface area contributed by atoms with Gasteiger partial charge in [0, 0.05) is 4.88 Å². The molecule has 130 valence electrons. The van der Waals surface area contributed by atoms with Crippen LogP contribution in [0.5, 0.6) is 0 Å². The Hall–Kier alpha value is -1.76. The van der Waals surface area contributed by atoms with Crippen LogP contribution < -0.4 is 5.32 Å². The summed E-state index contributed by atoms with van der Waals surface area (Å²) < 4.78 is 1.12. The SMILES string of the molecule is Cc1ccc2nc(NC(=O)CN3CCC(c4cccs4)CC3)sc2c1. The van der Waals surface area contributed by atoms with E-state index in [2.05, 4.69) is 45.7 Å². The van der Waals surface area contributed by atoms with Gasteiger partial charge in [-0.2, -0.15) is 0 Å². The molecule has 1 saturated heterocycles. The van der Waals surface area contributed by atoms with E-state index < -0.39 is 0 Å². The van der Waals surface area contributed by atoms with Gasteiger partial charge >= 0.3 is 0 Å². The number of likely N-dealkylation sites (tertiary alicyclic amines) is 1. The van der Waals surface area contributed by atoms with Crippen molar-refractivity contribution in [2.24, 2.45) is 0 Å². The molecule has 0 aliphatic carbocycles. The van der Waals surface area contributed by atoms with Gasteiger partial charge in [-0.1, -0.05) is 23.5 Å². The van der Waals surface area contributed by atoms with Crippen molar-refractivity contribution in [3.8, 4) is 0 Å². The van der Waals surface area contributed by atoms with E-state index >= 15 is 0 Å². The van der Waals surface area contributed by atoms with E-state index in [1.165, 1.54) is 10.4 Å². The molecule has 1 amide bonds. The lowest BCUT2D eigenvalue weighted by Gasteiger charge is -2.30. The zero-order chi connectivity index (χ0) is 17.2. The van der Waals surface area contributed by atoms with Crippen LogP contribution in [0.2, 0.25) is 0 Å². The van der Waals surface area contributed by atoms with E-state index in [-0.39, 0.29) is 5.91 Å². The van der Waals surface area contributed by atoms with E-state index in [4.69, 9.17) is 0 Å². The second-order valence-electron chi connectivity index (χ2n) is 6.60. The van der Waals surface area contributed by atoms with Crippen LogP contribution in [0.25, 0.3) is 10.2 Å². The first-order chi connectivity index (χ1) is 12.2. The van der Waals surface area contributed by atoms with E-state index in [0.717, 1.165) is 36.1 Å². The Kier molecular flexibility index (Phi) is 4.83. The first-order valence-corrected chi connectivity index (χ1v) is 10.3. The third-order valence-electron chi connectivity index (χ3n) is 4.69. The molecular formula is C19H21N3OS2. The van der Waals surface area contributed by atoms with Crippen molar-refractivity contribution in [3.63, 3.8) is 0 Å². The first kappa shape index (κ1) is 16.7. The molecule has 0 saturated carbocycles. The number of rotatable bonds is 4. The molecule has 0 radical (unpaired) electrons. The fourth-order valence-electron chi connectivity index (χ4n) is 3.35. The highest BCUT2D eigenvalue weighted by atomic mass is 32.1. The molecule has 6 heteroatoms. The van der Waals surface area contributed by atoms with Gasteiger partial charge in [0.15, 0.2) is 5.13 Å². The van der Waals surface area contributed by atoms with E-state index in [1.54, 1.807) is 11.3 Å². The zero-order valence-electron chi connectivity index (χ0n) is 14.2. The number of thiophene rings is 1. The van der Waals surface area contributed by atoms with Crippen molar-refractivity contribution < 1.29 is 4.79 Å². The molecule has 0 spiro atoms. The molecule has 3 aromatic rings. The molecule has 1 aromatic carbocycles. The Labute approximate surface area is 155 Å². The summed E-state index contributed by atoms with van der Waals surface area (Å²) in [4.78, 5) is 20.6. The van der Waals surface area contributed by atoms with Crippen LogP contribution in [0, 0.1) is 6.92 Å². The highest BCUT2D eigenvalue weighted by Crippen LogP contribution is 2.31.